The Morgan fingerprint density at radius 2 is 1.39 bits per heavy atom. The number of hydrogen-bond acceptors (Lipinski definition) is 2. The van der Waals surface area contributed by atoms with Crippen molar-refractivity contribution in [2.24, 2.45) is 0 Å². The number of benzene rings is 1. The summed E-state index contributed by atoms with van der Waals surface area (Å²) in [5, 5.41) is 0.848. The first-order valence-electron chi connectivity index (χ1n) is 8.29. The van der Waals surface area contributed by atoms with Crippen LogP contribution in [0.4, 0.5) is 0 Å². The molecule has 0 saturated carbocycles. The van der Waals surface area contributed by atoms with Gasteiger partial charge in [0.1, 0.15) is 5.75 Å². The van der Waals surface area contributed by atoms with Gasteiger partial charge in [-0.2, -0.15) is 0 Å². The third-order valence-corrected chi connectivity index (χ3v) is 11.2. The van der Waals surface area contributed by atoms with Crippen molar-refractivity contribution < 1.29 is 9.22 Å². The Morgan fingerprint density at radius 3 is 1.70 bits per heavy atom. The first-order valence-corrected chi connectivity index (χ1v) is 11.2. The summed E-state index contributed by atoms with van der Waals surface area (Å²) in [6.45, 7) is 15.1. The van der Waals surface area contributed by atoms with Crippen LogP contribution in [-0.4, -0.2) is 14.1 Å². The number of carbonyl (C=O) groups excluding carboxylic acids is 1. The van der Waals surface area contributed by atoms with E-state index in [-0.39, 0.29) is 5.78 Å². The van der Waals surface area contributed by atoms with Gasteiger partial charge in [-0.1, -0.05) is 71.7 Å². The molecule has 0 heterocycles. The highest BCUT2D eigenvalue weighted by Gasteiger charge is 2.47. The Balaban J connectivity index is 3.38. The van der Waals surface area contributed by atoms with Gasteiger partial charge in [0.15, 0.2) is 5.78 Å². The lowest BCUT2D eigenvalue weighted by Gasteiger charge is -2.42. The first kappa shape index (κ1) is 20.5. The fourth-order valence-electron chi connectivity index (χ4n) is 3.55. The standard InChI is InChI=1S/C18H28Cl2O2Si/c1-8-17(21)14-9-15(19)18(16(20)10-14)22-23(11(2)3,12(4)5)13(6)7/h9-13H,8H2,1-7H3. The van der Waals surface area contributed by atoms with E-state index in [1.165, 1.54) is 0 Å². The number of carbonyl (C=O) groups is 1. The molecule has 2 nitrogen and oxygen atoms in total. The van der Waals surface area contributed by atoms with Gasteiger partial charge in [-0.15, -0.1) is 0 Å². The normalized spacial score (nSPS) is 12.3. The highest BCUT2D eigenvalue weighted by Crippen LogP contribution is 2.46. The molecular weight excluding hydrogens is 347 g/mol. The summed E-state index contributed by atoms with van der Waals surface area (Å²) in [6, 6.07) is 3.35. The summed E-state index contributed by atoms with van der Waals surface area (Å²) in [7, 11) is -2.14. The highest BCUT2D eigenvalue weighted by atomic mass is 35.5. The minimum absolute atomic E-state index is 0.0282. The fourth-order valence-corrected chi connectivity index (χ4v) is 9.53. The molecular formula is C18H28Cl2O2Si. The molecule has 1 rings (SSSR count). The van der Waals surface area contributed by atoms with E-state index in [9.17, 15) is 4.79 Å². The molecule has 130 valence electrons. The number of halogens is 2. The Kier molecular flexibility index (Phi) is 7.18. The lowest BCUT2D eigenvalue weighted by Crippen LogP contribution is -2.50. The zero-order valence-electron chi connectivity index (χ0n) is 15.2. The van der Waals surface area contributed by atoms with Gasteiger partial charge in [0.05, 0.1) is 10.0 Å². The number of rotatable bonds is 7. The molecule has 0 radical (unpaired) electrons. The van der Waals surface area contributed by atoms with Crippen LogP contribution in [0, 0.1) is 0 Å². The maximum atomic E-state index is 11.9. The molecule has 0 N–H and O–H groups in total. The van der Waals surface area contributed by atoms with Crippen LogP contribution < -0.4 is 4.43 Å². The van der Waals surface area contributed by atoms with Crippen molar-refractivity contribution in [2.75, 3.05) is 0 Å². The molecule has 5 heteroatoms. The molecule has 1 aromatic rings. The molecule has 0 aliphatic carbocycles. The second kappa shape index (κ2) is 8.04. The minimum atomic E-state index is -2.14. The zero-order chi connectivity index (χ0) is 17.9. The molecule has 0 aliphatic heterocycles. The summed E-state index contributed by atoms with van der Waals surface area (Å²) in [4.78, 5) is 11.9. The van der Waals surface area contributed by atoms with E-state index in [0.29, 0.717) is 44.4 Å². The van der Waals surface area contributed by atoms with Crippen molar-refractivity contribution in [3.05, 3.63) is 27.7 Å². The monoisotopic (exact) mass is 374 g/mol. The first-order chi connectivity index (χ1) is 10.6. The van der Waals surface area contributed by atoms with Gasteiger partial charge in [-0.25, -0.2) is 0 Å². The summed E-state index contributed by atoms with van der Waals surface area (Å²) in [5.41, 5.74) is 1.81. The Labute approximate surface area is 151 Å². The number of Topliss-reactive ketones (excluding diaryl/α,β-unsaturated/α-hetero) is 1. The van der Waals surface area contributed by atoms with Crippen LogP contribution in [0.5, 0.6) is 5.75 Å². The zero-order valence-corrected chi connectivity index (χ0v) is 17.7. The molecule has 0 fully saturated rings. The van der Waals surface area contributed by atoms with E-state index in [1.807, 2.05) is 6.92 Å². The van der Waals surface area contributed by atoms with Crippen LogP contribution in [0.2, 0.25) is 26.7 Å². The highest BCUT2D eigenvalue weighted by molar-refractivity contribution is 6.78. The quantitative estimate of drug-likeness (QED) is 0.374. The van der Waals surface area contributed by atoms with Crippen LogP contribution in [0.1, 0.15) is 65.2 Å². The molecule has 0 amide bonds. The van der Waals surface area contributed by atoms with Crippen molar-refractivity contribution >= 4 is 37.3 Å². The Hall–Kier alpha value is -0.513. The molecule has 0 atom stereocenters. The Bertz CT molecular complexity index is 523. The van der Waals surface area contributed by atoms with Crippen molar-refractivity contribution in [3.8, 4) is 5.75 Å². The van der Waals surface area contributed by atoms with E-state index in [4.69, 9.17) is 27.6 Å². The van der Waals surface area contributed by atoms with Crippen molar-refractivity contribution in [2.45, 2.75) is 71.5 Å². The third kappa shape index (κ3) is 4.12. The van der Waals surface area contributed by atoms with E-state index in [1.54, 1.807) is 12.1 Å². The topological polar surface area (TPSA) is 26.3 Å². The van der Waals surface area contributed by atoms with E-state index in [2.05, 4.69) is 41.5 Å². The van der Waals surface area contributed by atoms with Gasteiger partial charge < -0.3 is 4.43 Å². The van der Waals surface area contributed by atoms with Crippen LogP contribution in [0.3, 0.4) is 0 Å². The van der Waals surface area contributed by atoms with Gasteiger partial charge in [0, 0.05) is 12.0 Å². The van der Waals surface area contributed by atoms with Gasteiger partial charge >= 0.3 is 0 Å². The number of ketones is 1. The molecule has 0 saturated heterocycles. The van der Waals surface area contributed by atoms with Crippen LogP contribution in [-0.2, 0) is 0 Å². The van der Waals surface area contributed by atoms with Gasteiger partial charge in [-0.05, 0) is 28.8 Å². The number of hydrogen-bond donors (Lipinski definition) is 0. The van der Waals surface area contributed by atoms with Crippen LogP contribution >= 0.6 is 23.2 Å². The molecule has 0 aliphatic rings. The average molecular weight is 375 g/mol. The predicted molar refractivity (Wildman–Crippen MR) is 103 cm³/mol. The van der Waals surface area contributed by atoms with Crippen LogP contribution in [0.15, 0.2) is 12.1 Å². The predicted octanol–water partition coefficient (Wildman–Crippen LogP) is 7.14. The van der Waals surface area contributed by atoms with Crippen LogP contribution in [0.25, 0.3) is 0 Å². The molecule has 0 spiro atoms. The molecule has 1 aromatic carbocycles. The summed E-state index contributed by atoms with van der Waals surface area (Å²) < 4.78 is 6.58. The summed E-state index contributed by atoms with van der Waals surface area (Å²) >= 11 is 12.8. The largest absolute Gasteiger partial charge is 0.541 e. The second-order valence-corrected chi connectivity index (χ2v) is 13.2. The molecule has 0 bridgehead atoms. The Morgan fingerprint density at radius 1 is 1.00 bits per heavy atom. The fraction of sp³-hybridized carbons (Fsp3) is 0.611. The van der Waals surface area contributed by atoms with Crippen molar-refractivity contribution in [1.82, 2.24) is 0 Å². The minimum Gasteiger partial charge on any atom is -0.541 e. The van der Waals surface area contributed by atoms with Gasteiger partial charge in [-0.3, -0.25) is 4.79 Å². The lowest BCUT2D eigenvalue weighted by molar-refractivity contribution is 0.0988. The SMILES string of the molecule is CCC(=O)c1cc(Cl)c(O[Si](C(C)C)(C(C)C)C(C)C)c(Cl)c1. The molecule has 0 unspecified atom stereocenters. The second-order valence-electron chi connectivity index (χ2n) is 6.97. The maximum Gasteiger partial charge on any atom is 0.258 e. The smallest absolute Gasteiger partial charge is 0.258 e. The average Bonchev–Trinajstić information content (AvgIpc) is 2.44. The van der Waals surface area contributed by atoms with E-state index >= 15 is 0 Å². The van der Waals surface area contributed by atoms with Crippen molar-refractivity contribution in [1.29, 1.82) is 0 Å². The summed E-state index contributed by atoms with van der Waals surface area (Å²) in [6.07, 6.45) is 0.426. The lowest BCUT2D eigenvalue weighted by atomic mass is 10.1. The molecule has 23 heavy (non-hydrogen) atoms. The molecule has 0 aromatic heterocycles. The summed E-state index contributed by atoms with van der Waals surface area (Å²) in [5.74, 6) is 0.559. The van der Waals surface area contributed by atoms with Gasteiger partial charge in [0.25, 0.3) is 8.32 Å². The van der Waals surface area contributed by atoms with Crippen molar-refractivity contribution in [3.63, 3.8) is 0 Å². The van der Waals surface area contributed by atoms with E-state index in [0.717, 1.165) is 0 Å². The van der Waals surface area contributed by atoms with E-state index < -0.39 is 8.32 Å². The third-order valence-electron chi connectivity index (χ3n) is 4.63. The maximum absolute atomic E-state index is 11.9. The van der Waals surface area contributed by atoms with Gasteiger partial charge in [0.2, 0.25) is 0 Å².